The lowest BCUT2D eigenvalue weighted by atomic mass is 10.0. The molecule has 0 saturated heterocycles. The second-order valence-electron chi connectivity index (χ2n) is 2.84. The van der Waals surface area contributed by atoms with Gasteiger partial charge in [-0.1, -0.05) is 6.07 Å². The van der Waals surface area contributed by atoms with E-state index < -0.39 is 12.1 Å². The van der Waals surface area contributed by atoms with Gasteiger partial charge in [0.05, 0.1) is 18.2 Å². The summed E-state index contributed by atoms with van der Waals surface area (Å²) in [6, 6.07) is 6.92. The van der Waals surface area contributed by atoms with Crippen LogP contribution in [0.4, 0.5) is 0 Å². The molecule has 0 spiro atoms. The fourth-order valence-corrected chi connectivity index (χ4v) is 1.49. The van der Waals surface area contributed by atoms with Crippen LogP contribution in [0.2, 0.25) is 0 Å². The molecule has 1 aliphatic heterocycles. The van der Waals surface area contributed by atoms with Gasteiger partial charge >= 0.3 is 5.97 Å². The lowest BCUT2D eigenvalue weighted by Crippen LogP contribution is -1.96. The van der Waals surface area contributed by atoms with Gasteiger partial charge in [-0.2, -0.15) is 5.26 Å². The minimum atomic E-state index is -0.839. The number of cyclic esters (lactones) is 1. The highest BCUT2D eigenvalue weighted by molar-refractivity contribution is 5.95. The number of fused-ring (bicyclic) bond motifs is 1. The molecule has 0 N–H and O–H groups in total. The average molecular weight is 189 g/mol. The molecule has 70 valence electrons. The van der Waals surface area contributed by atoms with Gasteiger partial charge in [-0.05, 0) is 12.1 Å². The van der Waals surface area contributed by atoms with Crippen molar-refractivity contribution in [2.75, 3.05) is 7.11 Å². The number of hydrogen-bond acceptors (Lipinski definition) is 4. The number of nitriles is 1. The minimum Gasteiger partial charge on any atom is -0.496 e. The molecule has 1 aliphatic rings. The van der Waals surface area contributed by atoms with Crippen LogP contribution in [0.15, 0.2) is 18.2 Å². The van der Waals surface area contributed by atoms with Crippen molar-refractivity contribution in [3.8, 4) is 11.8 Å². The van der Waals surface area contributed by atoms with Crippen molar-refractivity contribution in [3.05, 3.63) is 29.3 Å². The van der Waals surface area contributed by atoms with Crippen molar-refractivity contribution in [1.82, 2.24) is 0 Å². The van der Waals surface area contributed by atoms with Gasteiger partial charge < -0.3 is 9.47 Å². The average Bonchev–Trinajstić information content (AvgIpc) is 2.56. The van der Waals surface area contributed by atoms with Crippen molar-refractivity contribution in [2.24, 2.45) is 0 Å². The number of hydrogen-bond donors (Lipinski definition) is 0. The smallest absolute Gasteiger partial charge is 0.340 e. The van der Waals surface area contributed by atoms with Gasteiger partial charge in [0.1, 0.15) is 11.8 Å². The van der Waals surface area contributed by atoms with E-state index in [2.05, 4.69) is 0 Å². The molecule has 0 amide bonds. The SMILES string of the molecule is COc1cccc2c1[C@@H](C#N)OC2=O. The van der Waals surface area contributed by atoms with Crippen molar-refractivity contribution in [3.63, 3.8) is 0 Å². The Morgan fingerprint density at radius 3 is 3.00 bits per heavy atom. The van der Waals surface area contributed by atoms with Crippen LogP contribution in [0.5, 0.6) is 5.75 Å². The zero-order chi connectivity index (χ0) is 10.1. The Labute approximate surface area is 80.7 Å². The Bertz CT molecular complexity index is 433. The van der Waals surface area contributed by atoms with Gasteiger partial charge in [-0.15, -0.1) is 0 Å². The van der Waals surface area contributed by atoms with Gasteiger partial charge in [0.25, 0.3) is 0 Å². The zero-order valence-electron chi connectivity index (χ0n) is 7.48. The maximum atomic E-state index is 11.3. The van der Waals surface area contributed by atoms with Gasteiger partial charge in [0.15, 0.2) is 0 Å². The molecule has 1 aromatic rings. The Morgan fingerprint density at radius 2 is 2.36 bits per heavy atom. The van der Waals surface area contributed by atoms with E-state index in [-0.39, 0.29) is 0 Å². The Balaban J connectivity index is 2.63. The molecule has 4 heteroatoms. The molecule has 0 aromatic heterocycles. The van der Waals surface area contributed by atoms with E-state index in [9.17, 15) is 4.79 Å². The molecule has 0 fully saturated rings. The molecule has 1 atom stereocenters. The van der Waals surface area contributed by atoms with Crippen LogP contribution >= 0.6 is 0 Å². The van der Waals surface area contributed by atoms with Crippen molar-refractivity contribution < 1.29 is 14.3 Å². The molecular weight excluding hydrogens is 182 g/mol. The van der Waals surface area contributed by atoms with Gasteiger partial charge in [0, 0.05) is 0 Å². The van der Waals surface area contributed by atoms with Crippen LogP contribution in [-0.2, 0) is 4.74 Å². The molecule has 4 nitrogen and oxygen atoms in total. The monoisotopic (exact) mass is 189 g/mol. The van der Waals surface area contributed by atoms with Crippen LogP contribution in [0.3, 0.4) is 0 Å². The highest BCUT2D eigenvalue weighted by atomic mass is 16.6. The van der Waals surface area contributed by atoms with E-state index >= 15 is 0 Å². The number of esters is 1. The lowest BCUT2D eigenvalue weighted by Gasteiger charge is -2.05. The molecule has 0 aliphatic carbocycles. The van der Waals surface area contributed by atoms with Crippen LogP contribution in [-0.4, -0.2) is 13.1 Å². The summed E-state index contributed by atoms with van der Waals surface area (Å²) in [7, 11) is 1.49. The predicted octanol–water partition coefficient (Wildman–Crippen LogP) is 1.43. The molecule has 0 saturated carbocycles. The number of methoxy groups -OCH3 is 1. The molecule has 0 bridgehead atoms. The number of ether oxygens (including phenoxy) is 2. The highest BCUT2D eigenvalue weighted by Crippen LogP contribution is 2.36. The van der Waals surface area contributed by atoms with Crippen LogP contribution in [0.25, 0.3) is 0 Å². The number of rotatable bonds is 1. The van der Waals surface area contributed by atoms with Crippen LogP contribution in [0, 0.1) is 11.3 Å². The van der Waals surface area contributed by atoms with Crippen LogP contribution in [0.1, 0.15) is 22.0 Å². The molecule has 14 heavy (non-hydrogen) atoms. The quantitative estimate of drug-likeness (QED) is 0.627. The maximum absolute atomic E-state index is 11.3. The summed E-state index contributed by atoms with van der Waals surface area (Å²) >= 11 is 0. The first-order valence-electron chi connectivity index (χ1n) is 4.05. The van der Waals surface area contributed by atoms with Crippen LogP contribution < -0.4 is 4.74 Å². The second-order valence-corrected chi connectivity index (χ2v) is 2.84. The van der Waals surface area contributed by atoms with E-state index in [1.807, 2.05) is 6.07 Å². The Morgan fingerprint density at radius 1 is 1.57 bits per heavy atom. The fourth-order valence-electron chi connectivity index (χ4n) is 1.49. The molecule has 0 radical (unpaired) electrons. The van der Waals surface area contributed by atoms with E-state index in [1.54, 1.807) is 18.2 Å². The molecule has 1 aromatic carbocycles. The predicted molar refractivity (Wildman–Crippen MR) is 46.8 cm³/mol. The van der Waals surface area contributed by atoms with Gasteiger partial charge in [-0.25, -0.2) is 4.79 Å². The van der Waals surface area contributed by atoms with E-state index in [0.29, 0.717) is 16.9 Å². The minimum absolute atomic E-state index is 0.413. The molecular formula is C10H7NO3. The number of nitrogens with zero attached hydrogens (tertiary/aromatic N) is 1. The summed E-state index contributed by atoms with van der Waals surface area (Å²) < 4.78 is 9.90. The summed E-state index contributed by atoms with van der Waals surface area (Å²) in [5, 5.41) is 8.77. The number of benzene rings is 1. The maximum Gasteiger partial charge on any atom is 0.340 e. The van der Waals surface area contributed by atoms with Crippen molar-refractivity contribution >= 4 is 5.97 Å². The summed E-state index contributed by atoms with van der Waals surface area (Å²) in [5.74, 6) is 0.0466. The number of carbonyl (C=O) groups excluding carboxylic acids is 1. The summed E-state index contributed by atoms with van der Waals surface area (Å²) in [6.07, 6.45) is -0.839. The zero-order valence-corrected chi connectivity index (χ0v) is 7.48. The first kappa shape index (κ1) is 8.57. The summed E-state index contributed by atoms with van der Waals surface area (Å²) in [5.41, 5.74) is 0.943. The third kappa shape index (κ3) is 1.03. The summed E-state index contributed by atoms with van der Waals surface area (Å²) in [4.78, 5) is 11.3. The highest BCUT2D eigenvalue weighted by Gasteiger charge is 2.33. The topological polar surface area (TPSA) is 59.3 Å². The first-order chi connectivity index (χ1) is 6.77. The van der Waals surface area contributed by atoms with E-state index in [0.717, 1.165) is 0 Å². The molecule has 1 heterocycles. The van der Waals surface area contributed by atoms with Gasteiger partial charge in [-0.3, -0.25) is 0 Å². The summed E-state index contributed by atoms with van der Waals surface area (Å²) in [6.45, 7) is 0. The lowest BCUT2D eigenvalue weighted by molar-refractivity contribution is 0.0476. The fraction of sp³-hybridized carbons (Fsp3) is 0.200. The Kier molecular flexibility index (Phi) is 1.86. The standard InChI is InChI=1S/C10H7NO3/c1-13-7-4-2-3-6-9(7)8(5-11)14-10(6)12/h2-4,8H,1H3/t8-/m1/s1. The van der Waals surface area contributed by atoms with Crippen molar-refractivity contribution in [2.45, 2.75) is 6.10 Å². The first-order valence-corrected chi connectivity index (χ1v) is 4.05. The Hall–Kier alpha value is -2.02. The molecule has 2 rings (SSSR count). The normalized spacial score (nSPS) is 18.3. The molecule has 0 unspecified atom stereocenters. The largest absolute Gasteiger partial charge is 0.496 e. The van der Waals surface area contributed by atoms with E-state index in [4.69, 9.17) is 14.7 Å². The third-order valence-electron chi connectivity index (χ3n) is 2.11. The third-order valence-corrected chi connectivity index (χ3v) is 2.11. The second kappa shape index (κ2) is 3.04. The van der Waals surface area contributed by atoms with E-state index in [1.165, 1.54) is 7.11 Å². The van der Waals surface area contributed by atoms with Crippen molar-refractivity contribution in [1.29, 1.82) is 5.26 Å². The number of carbonyl (C=O) groups is 1. The van der Waals surface area contributed by atoms with Gasteiger partial charge in [0.2, 0.25) is 6.10 Å².